The average Bonchev–Trinajstić information content (AvgIpc) is 2.61. The minimum atomic E-state index is -0.503. The van der Waals surface area contributed by atoms with Crippen molar-refractivity contribution in [3.05, 3.63) is 44.8 Å². The molecule has 1 aromatic carbocycles. The quantitative estimate of drug-likeness (QED) is 0.569. The van der Waals surface area contributed by atoms with Crippen LogP contribution in [0, 0.1) is 0 Å². The van der Waals surface area contributed by atoms with Crippen LogP contribution < -0.4 is 11.0 Å². The zero-order chi connectivity index (χ0) is 10.4. The highest BCUT2D eigenvalue weighted by atomic mass is 16.5. The molecule has 0 fully saturated rings. The van der Waals surface area contributed by atoms with Gasteiger partial charge in [0.25, 0.3) is 5.56 Å². The maximum absolute atomic E-state index is 11.9. The zero-order valence-corrected chi connectivity index (χ0v) is 7.53. The highest BCUT2D eigenvalue weighted by molar-refractivity contribution is 5.89. The summed E-state index contributed by atoms with van der Waals surface area (Å²) in [7, 11) is 0. The second-order valence-electron chi connectivity index (χ2n) is 3.24. The molecular weight excluding hydrogens is 196 g/mol. The Balaban J connectivity index is 2.75. The van der Waals surface area contributed by atoms with E-state index in [4.69, 9.17) is 4.52 Å². The van der Waals surface area contributed by atoms with Gasteiger partial charge in [-0.1, -0.05) is 12.1 Å². The Labute approximate surface area is 82.3 Å². The third-order valence-corrected chi connectivity index (χ3v) is 2.35. The summed E-state index contributed by atoms with van der Waals surface area (Å²) in [6.45, 7) is 0. The summed E-state index contributed by atoms with van der Waals surface area (Å²) in [4.78, 5) is 26.0. The summed E-state index contributed by atoms with van der Waals surface area (Å²) in [6.07, 6.45) is 0. The molecule has 15 heavy (non-hydrogen) atoms. The van der Waals surface area contributed by atoms with E-state index >= 15 is 0 Å². The van der Waals surface area contributed by atoms with Gasteiger partial charge >= 0.3 is 0 Å². The molecule has 0 atom stereocenters. The van der Waals surface area contributed by atoms with E-state index in [1.165, 1.54) is 0 Å². The van der Waals surface area contributed by atoms with Crippen LogP contribution >= 0.6 is 0 Å². The van der Waals surface area contributed by atoms with Crippen molar-refractivity contribution >= 4 is 22.0 Å². The number of hydrogen-bond donors (Lipinski definition) is 2. The van der Waals surface area contributed by atoms with Gasteiger partial charge in [0.2, 0.25) is 11.1 Å². The fourth-order valence-electron chi connectivity index (χ4n) is 1.64. The fourth-order valence-corrected chi connectivity index (χ4v) is 1.64. The smallest absolute Gasteiger partial charge is 0.293 e. The number of fused-ring (bicyclic) bond motifs is 2. The first kappa shape index (κ1) is 8.05. The Bertz CT molecular complexity index is 763. The van der Waals surface area contributed by atoms with Gasteiger partial charge in [0, 0.05) is 5.39 Å². The molecule has 0 aliphatic carbocycles. The Morgan fingerprint density at radius 2 is 1.93 bits per heavy atom. The third-order valence-electron chi connectivity index (χ3n) is 2.35. The van der Waals surface area contributed by atoms with Crippen LogP contribution in [0.2, 0.25) is 0 Å². The summed E-state index contributed by atoms with van der Waals surface area (Å²) >= 11 is 0. The Kier molecular flexibility index (Phi) is 1.39. The van der Waals surface area contributed by atoms with E-state index in [1.807, 2.05) is 0 Å². The van der Waals surface area contributed by atoms with Gasteiger partial charge in [-0.25, -0.2) is 0 Å². The zero-order valence-electron chi connectivity index (χ0n) is 7.53. The van der Waals surface area contributed by atoms with Crippen LogP contribution in [0.4, 0.5) is 0 Å². The van der Waals surface area contributed by atoms with E-state index in [-0.39, 0.29) is 16.5 Å². The molecule has 0 radical (unpaired) electrons. The normalized spacial score (nSPS) is 11.2. The van der Waals surface area contributed by atoms with Crippen LogP contribution in [-0.2, 0) is 0 Å². The van der Waals surface area contributed by atoms with Crippen molar-refractivity contribution in [2.75, 3.05) is 0 Å². The first-order chi connectivity index (χ1) is 7.27. The highest BCUT2D eigenvalue weighted by Crippen LogP contribution is 2.10. The van der Waals surface area contributed by atoms with Gasteiger partial charge in [0.1, 0.15) is 0 Å². The third kappa shape index (κ3) is 0.969. The minimum absolute atomic E-state index is 0.0358. The molecule has 0 unspecified atom stereocenters. The maximum Gasteiger partial charge on any atom is 0.293 e. The lowest BCUT2D eigenvalue weighted by molar-refractivity contribution is 0.442. The Morgan fingerprint density at radius 3 is 2.80 bits per heavy atom. The van der Waals surface area contributed by atoms with Crippen LogP contribution in [0.5, 0.6) is 0 Å². The number of hydrogen-bond acceptors (Lipinski definition) is 3. The van der Waals surface area contributed by atoms with Crippen LogP contribution in [0.15, 0.2) is 38.4 Å². The molecule has 2 aromatic heterocycles. The van der Waals surface area contributed by atoms with Gasteiger partial charge < -0.3 is 9.51 Å². The largest absolute Gasteiger partial charge is 0.360 e. The van der Waals surface area contributed by atoms with Crippen LogP contribution in [0.25, 0.3) is 22.0 Å². The summed E-state index contributed by atoms with van der Waals surface area (Å²) in [5.41, 5.74) is 0.0211. The number of pyridine rings is 1. The van der Waals surface area contributed by atoms with E-state index in [0.29, 0.717) is 10.9 Å². The van der Waals surface area contributed by atoms with Crippen molar-refractivity contribution in [2.45, 2.75) is 0 Å². The molecule has 0 spiro atoms. The van der Waals surface area contributed by atoms with Crippen molar-refractivity contribution in [2.24, 2.45) is 0 Å². The van der Waals surface area contributed by atoms with Gasteiger partial charge in [-0.3, -0.25) is 9.59 Å². The number of nitrogens with one attached hydrogen (secondary N) is 2. The molecule has 3 aromatic rings. The van der Waals surface area contributed by atoms with Crippen LogP contribution in [0.3, 0.4) is 0 Å². The van der Waals surface area contributed by atoms with E-state index in [1.54, 1.807) is 24.3 Å². The lowest BCUT2D eigenvalue weighted by atomic mass is 10.2. The lowest BCUT2D eigenvalue weighted by Gasteiger charge is -1.94. The first-order valence-electron chi connectivity index (χ1n) is 4.39. The van der Waals surface area contributed by atoms with Crippen molar-refractivity contribution in [3.8, 4) is 0 Å². The standard InChI is InChI=1S/C10H6N2O3/c13-8-5-3-1-2-4-6(5)11-10-7(8)9(14)12-15-10/h1-4H,(H,11,13)(H,12,14). The number of H-pyrrole nitrogens is 2. The molecule has 0 aliphatic heterocycles. The van der Waals surface area contributed by atoms with Gasteiger partial charge in [0.15, 0.2) is 5.39 Å². The first-order valence-corrected chi connectivity index (χ1v) is 4.39. The molecule has 2 N–H and O–H groups in total. The van der Waals surface area contributed by atoms with Crippen LogP contribution in [0.1, 0.15) is 0 Å². The fraction of sp³-hybridized carbons (Fsp3) is 0. The predicted molar refractivity (Wildman–Crippen MR) is 55.0 cm³/mol. The molecule has 3 rings (SSSR count). The topological polar surface area (TPSA) is 78.9 Å². The molecule has 74 valence electrons. The summed E-state index contributed by atoms with van der Waals surface area (Å²) < 4.78 is 4.84. The number of aromatic amines is 2. The molecule has 2 heterocycles. The number of rotatable bonds is 0. The lowest BCUT2D eigenvalue weighted by Crippen LogP contribution is -2.11. The van der Waals surface area contributed by atoms with Crippen molar-refractivity contribution < 1.29 is 4.52 Å². The van der Waals surface area contributed by atoms with E-state index in [0.717, 1.165) is 0 Å². The van der Waals surface area contributed by atoms with Gasteiger partial charge in [-0.15, -0.1) is 0 Å². The molecule has 5 heteroatoms. The number of para-hydroxylation sites is 1. The van der Waals surface area contributed by atoms with E-state index in [9.17, 15) is 9.59 Å². The predicted octanol–water partition coefficient (Wildman–Crippen LogP) is 0.963. The molecular formula is C10H6N2O3. The molecule has 0 bridgehead atoms. The van der Waals surface area contributed by atoms with Gasteiger partial charge in [0.05, 0.1) is 5.52 Å². The van der Waals surface area contributed by atoms with Gasteiger partial charge in [-0.05, 0) is 12.1 Å². The molecule has 0 saturated heterocycles. The Hall–Kier alpha value is -2.30. The van der Waals surface area contributed by atoms with Crippen molar-refractivity contribution in [1.82, 2.24) is 10.1 Å². The van der Waals surface area contributed by atoms with Gasteiger partial charge in [-0.2, -0.15) is 5.16 Å². The number of benzene rings is 1. The van der Waals surface area contributed by atoms with E-state index in [2.05, 4.69) is 10.1 Å². The second kappa shape index (κ2) is 2.60. The van der Waals surface area contributed by atoms with Crippen LogP contribution in [-0.4, -0.2) is 10.1 Å². The monoisotopic (exact) mass is 202 g/mol. The Morgan fingerprint density at radius 1 is 1.13 bits per heavy atom. The van der Waals surface area contributed by atoms with E-state index < -0.39 is 5.56 Å². The molecule has 0 aliphatic rings. The molecule has 5 nitrogen and oxygen atoms in total. The maximum atomic E-state index is 11.9. The van der Waals surface area contributed by atoms with Crippen molar-refractivity contribution in [3.63, 3.8) is 0 Å². The average molecular weight is 202 g/mol. The summed E-state index contributed by atoms with van der Waals surface area (Å²) in [5, 5.41) is 2.65. The minimum Gasteiger partial charge on any atom is -0.360 e. The SMILES string of the molecule is O=c1[nH]oc2[nH]c3ccccc3c(=O)c12. The highest BCUT2D eigenvalue weighted by Gasteiger charge is 2.11. The second-order valence-corrected chi connectivity index (χ2v) is 3.24. The molecule has 0 saturated carbocycles. The number of aromatic nitrogens is 2. The molecule has 0 amide bonds. The summed E-state index contributed by atoms with van der Waals surface area (Å²) in [6, 6.07) is 6.97. The van der Waals surface area contributed by atoms with Crippen molar-refractivity contribution in [1.29, 1.82) is 0 Å². The summed E-state index contributed by atoms with van der Waals surface area (Å²) in [5.74, 6) is 0.